The van der Waals surface area contributed by atoms with E-state index in [4.69, 9.17) is 4.55 Å². The summed E-state index contributed by atoms with van der Waals surface area (Å²) in [6, 6.07) is 11.3. The Labute approximate surface area is 127 Å². The Balaban J connectivity index is 2.03. The monoisotopic (exact) mass is 316 g/mol. The Morgan fingerprint density at radius 3 is 1.95 bits per heavy atom. The van der Waals surface area contributed by atoms with E-state index >= 15 is 0 Å². The van der Waals surface area contributed by atoms with Gasteiger partial charge in [-0.25, -0.2) is 0 Å². The first kappa shape index (κ1) is 14.6. The number of carbonyl (C=O) groups excluding carboxylic acids is 2. The van der Waals surface area contributed by atoms with Crippen molar-refractivity contribution in [3.05, 3.63) is 70.3 Å². The predicted octanol–water partition coefficient (Wildman–Crippen LogP) is 1.89. The summed E-state index contributed by atoms with van der Waals surface area (Å²) in [5, 5.41) is 0. The van der Waals surface area contributed by atoms with E-state index < -0.39 is 15.9 Å². The molecule has 1 aliphatic carbocycles. The molecule has 0 amide bonds. The van der Waals surface area contributed by atoms with Crippen molar-refractivity contribution in [3.63, 3.8) is 0 Å². The zero-order chi connectivity index (χ0) is 15.9. The Morgan fingerprint density at radius 2 is 1.36 bits per heavy atom. The normalized spacial score (nSPS) is 13.7. The molecule has 0 saturated heterocycles. The summed E-state index contributed by atoms with van der Waals surface area (Å²) < 4.78 is 30.4. The van der Waals surface area contributed by atoms with Crippen LogP contribution in [0.5, 0.6) is 0 Å². The molecule has 0 aromatic heterocycles. The molecule has 0 saturated carbocycles. The average molecular weight is 316 g/mol. The molecule has 5 nitrogen and oxygen atoms in total. The first-order valence-corrected chi connectivity index (χ1v) is 8.24. The molecule has 0 unspecified atom stereocenters. The number of ketones is 2. The molecule has 0 heterocycles. The SMILES string of the molecule is O=C1c2ccccc2C(=O)c2cc(CCS(=O)(=O)O)ccc21. The minimum Gasteiger partial charge on any atom is -0.289 e. The molecule has 0 spiro atoms. The van der Waals surface area contributed by atoms with E-state index in [-0.39, 0.29) is 23.6 Å². The van der Waals surface area contributed by atoms with Gasteiger partial charge in [0.15, 0.2) is 11.6 Å². The molecular weight excluding hydrogens is 304 g/mol. The Bertz CT molecular complexity index is 897. The van der Waals surface area contributed by atoms with Gasteiger partial charge in [0.2, 0.25) is 0 Å². The lowest BCUT2D eigenvalue weighted by Crippen LogP contribution is -2.21. The van der Waals surface area contributed by atoms with Crippen LogP contribution >= 0.6 is 0 Å². The number of carbonyl (C=O) groups is 2. The van der Waals surface area contributed by atoms with Crippen LogP contribution in [0.15, 0.2) is 42.5 Å². The highest BCUT2D eigenvalue weighted by atomic mass is 32.2. The number of aryl methyl sites for hydroxylation is 1. The molecule has 112 valence electrons. The quantitative estimate of drug-likeness (QED) is 0.745. The first-order chi connectivity index (χ1) is 10.4. The Kier molecular flexibility index (Phi) is 3.42. The summed E-state index contributed by atoms with van der Waals surface area (Å²) in [5.74, 6) is -0.893. The van der Waals surface area contributed by atoms with Gasteiger partial charge in [-0.05, 0) is 18.1 Å². The van der Waals surface area contributed by atoms with Crippen molar-refractivity contribution >= 4 is 21.7 Å². The summed E-state index contributed by atoms with van der Waals surface area (Å²) in [7, 11) is -4.07. The van der Waals surface area contributed by atoms with Crippen LogP contribution in [0.4, 0.5) is 0 Å². The van der Waals surface area contributed by atoms with Crippen LogP contribution in [-0.2, 0) is 16.5 Å². The molecule has 0 fully saturated rings. The largest absolute Gasteiger partial charge is 0.289 e. The van der Waals surface area contributed by atoms with Gasteiger partial charge in [0.25, 0.3) is 10.1 Å². The maximum atomic E-state index is 12.5. The van der Waals surface area contributed by atoms with E-state index in [9.17, 15) is 18.0 Å². The molecule has 0 radical (unpaired) electrons. The molecule has 22 heavy (non-hydrogen) atoms. The third-order valence-electron chi connectivity index (χ3n) is 3.64. The Hall–Kier alpha value is -2.31. The maximum Gasteiger partial charge on any atom is 0.265 e. The van der Waals surface area contributed by atoms with E-state index in [1.165, 1.54) is 12.1 Å². The second-order valence-electron chi connectivity index (χ2n) is 5.12. The third kappa shape index (κ3) is 2.58. The van der Waals surface area contributed by atoms with Crippen molar-refractivity contribution in [1.29, 1.82) is 0 Å². The van der Waals surface area contributed by atoms with Gasteiger partial charge in [0, 0.05) is 22.3 Å². The lowest BCUT2D eigenvalue weighted by atomic mass is 9.83. The highest BCUT2D eigenvalue weighted by Crippen LogP contribution is 2.27. The van der Waals surface area contributed by atoms with Gasteiger partial charge in [-0.3, -0.25) is 14.1 Å². The molecule has 0 atom stereocenters. The summed E-state index contributed by atoms with van der Waals surface area (Å²) in [4.78, 5) is 24.9. The fourth-order valence-electron chi connectivity index (χ4n) is 2.55. The molecule has 3 rings (SSSR count). The van der Waals surface area contributed by atoms with E-state index in [0.717, 1.165) is 0 Å². The van der Waals surface area contributed by atoms with Crippen molar-refractivity contribution < 1.29 is 22.6 Å². The van der Waals surface area contributed by atoms with Crippen molar-refractivity contribution in [2.45, 2.75) is 6.42 Å². The second-order valence-corrected chi connectivity index (χ2v) is 6.69. The molecule has 2 aromatic carbocycles. The number of benzene rings is 2. The van der Waals surface area contributed by atoms with E-state index in [0.29, 0.717) is 22.3 Å². The summed E-state index contributed by atoms with van der Waals surface area (Å²) in [5.41, 5.74) is 1.91. The average Bonchev–Trinajstić information content (AvgIpc) is 2.50. The van der Waals surface area contributed by atoms with Gasteiger partial charge in [0.05, 0.1) is 5.75 Å². The van der Waals surface area contributed by atoms with Crippen LogP contribution in [0.2, 0.25) is 0 Å². The van der Waals surface area contributed by atoms with Crippen LogP contribution in [0.25, 0.3) is 0 Å². The predicted molar refractivity (Wildman–Crippen MR) is 79.9 cm³/mol. The maximum absolute atomic E-state index is 12.5. The molecular formula is C16H12O5S. The molecule has 1 N–H and O–H groups in total. The van der Waals surface area contributed by atoms with Gasteiger partial charge in [-0.2, -0.15) is 8.42 Å². The van der Waals surface area contributed by atoms with E-state index in [1.807, 2.05) is 0 Å². The van der Waals surface area contributed by atoms with Crippen molar-refractivity contribution in [1.82, 2.24) is 0 Å². The summed E-state index contributed by atoms with van der Waals surface area (Å²) >= 11 is 0. The second kappa shape index (κ2) is 5.15. The zero-order valence-electron chi connectivity index (χ0n) is 11.4. The zero-order valence-corrected chi connectivity index (χ0v) is 12.3. The molecule has 1 aliphatic rings. The highest BCUT2D eigenvalue weighted by molar-refractivity contribution is 7.85. The minimum atomic E-state index is -4.07. The molecule has 0 bridgehead atoms. The highest BCUT2D eigenvalue weighted by Gasteiger charge is 2.29. The third-order valence-corrected chi connectivity index (χ3v) is 4.36. The standard InChI is InChI=1S/C16H12O5S/c17-15-11-3-1-2-4-12(11)16(18)14-9-10(5-6-13(14)15)7-8-22(19,20)21/h1-6,9H,7-8H2,(H,19,20,21). The van der Waals surface area contributed by atoms with Gasteiger partial charge in [-0.1, -0.05) is 36.4 Å². The van der Waals surface area contributed by atoms with Crippen LogP contribution in [-0.4, -0.2) is 30.3 Å². The van der Waals surface area contributed by atoms with Gasteiger partial charge < -0.3 is 0 Å². The van der Waals surface area contributed by atoms with Crippen LogP contribution in [0.3, 0.4) is 0 Å². The lowest BCUT2D eigenvalue weighted by Gasteiger charge is -2.17. The van der Waals surface area contributed by atoms with E-state index in [1.54, 1.807) is 30.3 Å². The van der Waals surface area contributed by atoms with Gasteiger partial charge >= 0.3 is 0 Å². The van der Waals surface area contributed by atoms with Crippen molar-refractivity contribution in [2.75, 3.05) is 5.75 Å². The number of hydrogen-bond donors (Lipinski definition) is 1. The van der Waals surface area contributed by atoms with Crippen LogP contribution in [0, 0.1) is 0 Å². The summed E-state index contributed by atoms with van der Waals surface area (Å²) in [6.07, 6.45) is 0.0786. The molecule has 2 aromatic rings. The number of fused-ring (bicyclic) bond motifs is 2. The first-order valence-electron chi connectivity index (χ1n) is 6.63. The fraction of sp³-hybridized carbons (Fsp3) is 0.125. The van der Waals surface area contributed by atoms with Gasteiger partial charge in [0.1, 0.15) is 0 Å². The number of rotatable bonds is 3. The Morgan fingerprint density at radius 1 is 0.818 bits per heavy atom. The van der Waals surface area contributed by atoms with Crippen LogP contribution in [0.1, 0.15) is 37.4 Å². The van der Waals surface area contributed by atoms with Crippen LogP contribution < -0.4 is 0 Å². The van der Waals surface area contributed by atoms with Crippen molar-refractivity contribution in [3.8, 4) is 0 Å². The fourth-order valence-corrected chi connectivity index (χ4v) is 3.04. The smallest absolute Gasteiger partial charge is 0.265 e. The van der Waals surface area contributed by atoms with E-state index in [2.05, 4.69) is 0 Å². The topological polar surface area (TPSA) is 88.5 Å². The number of hydrogen-bond acceptors (Lipinski definition) is 4. The molecule has 0 aliphatic heterocycles. The summed E-state index contributed by atoms with van der Waals surface area (Å²) in [6.45, 7) is 0. The molecule has 6 heteroatoms. The lowest BCUT2D eigenvalue weighted by molar-refractivity contribution is 0.0979. The minimum absolute atomic E-state index is 0.0786. The van der Waals surface area contributed by atoms with Gasteiger partial charge in [-0.15, -0.1) is 0 Å². The van der Waals surface area contributed by atoms with Crippen molar-refractivity contribution in [2.24, 2.45) is 0 Å².